The van der Waals surface area contributed by atoms with Gasteiger partial charge in [-0.15, -0.1) is 11.3 Å². The number of amides is 1. The molecule has 1 saturated heterocycles. The molecule has 4 aromatic rings. The molecule has 1 N–H and O–H groups in total. The first kappa shape index (κ1) is 22.2. The van der Waals surface area contributed by atoms with E-state index in [0.29, 0.717) is 26.3 Å². The number of carboxylic acid groups (broad SMARTS) is 1. The van der Waals surface area contributed by atoms with Crippen molar-refractivity contribution in [3.63, 3.8) is 0 Å². The van der Waals surface area contributed by atoms with E-state index in [1.54, 1.807) is 18.1 Å². The summed E-state index contributed by atoms with van der Waals surface area (Å²) in [6.07, 6.45) is 0. The lowest BCUT2D eigenvalue weighted by atomic mass is 10.0. The van der Waals surface area contributed by atoms with Gasteiger partial charge >= 0.3 is 5.97 Å². The van der Waals surface area contributed by atoms with Crippen LogP contribution in [0.15, 0.2) is 60.7 Å². The largest absolute Gasteiger partial charge is 0.497 e. The molecule has 0 saturated carbocycles. The summed E-state index contributed by atoms with van der Waals surface area (Å²) in [6.45, 7) is 2.26. The average Bonchev–Trinajstić information content (AvgIpc) is 3.43. The highest BCUT2D eigenvalue weighted by Crippen LogP contribution is 2.45. The van der Waals surface area contributed by atoms with Gasteiger partial charge in [0.2, 0.25) is 5.91 Å². The number of fused-ring (bicyclic) bond motifs is 1. The summed E-state index contributed by atoms with van der Waals surface area (Å²) < 4.78 is 13.5. The van der Waals surface area contributed by atoms with Crippen molar-refractivity contribution < 1.29 is 24.2 Å². The predicted molar refractivity (Wildman–Crippen MR) is 132 cm³/mol. The van der Waals surface area contributed by atoms with E-state index in [4.69, 9.17) is 9.47 Å². The van der Waals surface area contributed by atoms with Gasteiger partial charge in [0.15, 0.2) is 0 Å². The molecule has 34 heavy (non-hydrogen) atoms. The maximum absolute atomic E-state index is 13.3. The number of hydrogen-bond donors (Lipinski definition) is 1. The molecule has 0 radical (unpaired) electrons. The maximum atomic E-state index is 13.3. The Bertz CT molecular complexity index is 1340. The Morgan fingerprint density at radius 3 is 2.38 bits per heavy atom. The van der Waals surface area contributed by atoms with Gasteiger partial charge in [-0.05, 0) is 41.5 Å². The SMILES string of the molecule is COc1ccc(-c2c(-c3ccccc3)c3sc(C(=O)O)cc3n2CC(=O)N2CCOCC2)cc1. The van der Waals surface area contributed by atoms with E-state index in [9.17, 15) is 14.7 Å². The molecule has 1 aliphatic heterocycles. The van der Waals surface area contributed by atoms with Gasteiger partial charge in [-0.25, -0.2) is 4.79 Å². The Balaban J connectivity index is 1.74. The molecule has 0 aliphatic carbocycles. The summed E-state index contributed by atoms with van der Waals surface area (Å²) in [6, 6.07) is 19.3. The van der Waals surface area contributed by atoms with Crippen molar-refractivity contribution in [3.05, 3.63) is 65.5 Å². The molecule has 1 fully saturated rings. The number of benzene rings is 2. The standard InChI is InChI=1S/C26H24N2O5S/c1-32-19-9-7-18(8-10-19)24-23(17-5-3-2-4-6-17)25-20(15-21(34-25)26(30)31)28(24)16-22(29)27-11-13-33-14-12-27/h2-10,15H,11-14,16H2,1H3,(H,30,31). The zero-order valence-electron chi connectivity index (χ0n) is 18.7. The molecule has 2 aromatic carbocycles. The van der Waals surface area contributed by atoms with E-state index >= 15 is 0 Å². The molecule has 0 spiro atoms. The first-order valence-corrected chi connectivity index (χ1v) is 11.8. The van der Waals surface area contributed by atoms with Crippen LogP contribution in [0.2, 0.25) is 0 Å². The molecule has 1 aliphatic rings. The number of carbonyl (C=O) groups excluding carboxylic acids is 1. The van der Waals surface area contributed by atoms with Crippen molar-refractivity contribution in [2.24, 2.45) is 0 Å². The molecule has 0 bridgehead atoms. The lowest BCUT2D eigenvalue weighted by Gasteiger charge is -2.27. The van der Waals surface area contributed by atoms with Crippen molar-refractivity contribution in [3.8, 4) is 28.1 Å². The number of morpholine rings is 1. The summed E-state index contributed by atoms with van der Waals surface area (Å²) in [5, 5.41) is 9.68. The van der Waals surface area contributed by atoms with Crippen LogP contribution >= 0.6 is 11.3 Å². The molecular formula is C26H24N2O5S. The fourth-order valence-corrected chi connectivity index (χ4v) is 5.43. The minimum Gasteiger partial charge on any atom is -0.497 e. The molecule has 2 aromatic heterocycles. The monoisotopic (exact) mass is 476 g/mol. The second-order valence-electron chi connectivity index (χ2n) is 8.03. The van der Waals surface area contributed by atoms with Gasteiger partial charge in [-0.3, -0.25) is 4.79 Å². The van der Waals surface area contributed by atoms with E-state index in [2.05, 4.69) is 0 Å². The minimum atomic E-state index is -0.975. The van der Waals surface area contributed by atoms with Crippen LogP contribution in [0.25, 0.3) is 32.6 Å². The van der Waals surface area contributed by atoms with Gasteiger partial charge in [-0.1, -0.05) is 30.3 Å². The third kappa shape index (κ3) is 4.06. The van der Waals surface area contributed by atoms with Crippen LogP contribution in [0.3, 0.4) is 0 Å². The molecule has 1 amide bonds. The van der Waals surface area contributed by atoms with Crippen LogP contribution in [-0.4, -0.2) is 59.9 Å². The second-order valence-corrected chi connectivity index (χ2v) is 9.08. The molecule has 0 atom stereocenters. The average molecular weight is 477 g/mol. The number of carboxylic acids is 1. The first-order chi connectivity index (χ1) is 16.6. The van der Waals surface area contributed by atoms with Crippen LogP contribution in [0.1, 0.15) is 9.67 Å². The van der Waals surface area contributed by atoms with Gasteiger partial charge in [0.05, 0.1) is 36.2 Å². The van der Waals surface area contributed by atoms with Crippen molar-refractivity contribution >= 4 is 33.4 Å². The fourth-order valence-electron chi connectivity index (χ4n) is 4.36. The molecular weight excluding hydrogens is 452 g/mol. The predicted octanol–water partition coefficient (Wildman–Crippen LogP) is 4.60. The van der Waals surface area contributed by atoms with Gasteiger partial charge < -0.3 is 24.0 Å². The highest BCUT2D eigenvalue weighted by molar-refractivity contribution is 7.21. The Labute approximate surface area is 200 Å². The lowest BCUT2D eigenvalue weighted by Crippen LogP contribution is -2.42. The van der Waals surface area contributed by atoms with Gasteiger partial charge in [0.1, 0.15) is 17.2 Å². The molecule has 7 nitrogen and oxygen atoms in total. The first-order valence-electron chi connectivity index (χ1n) is 11.0. The third-order valence-electron chi connectivity index (χ3n) is 6.03. The summed E-state index contributed by atoms with van der Waals surface area (Å²) >= 11 is 1.24. The maximum Gasteiger partial charge on any atom is 0.345 e. The van der Waals surface area contributed by atoms with Crippen LogP contribution in [0.4, 0.5) is 0 Å². The van der Waals surface area contributed by atoms with Crippen LogP contribution in [0, 0.1) is 0 Å². The lowest BCUT2D eigenvalue weighted by molar-refractivity contribution is -0.135. The number of carbonyl (C=O) groups is 2. The normalized spacial score (nSPS) is 13.9. The van der Waals surface area contributed by atoms with Gasteiger partial charge in [0.25, 0.3) is 0 Å². The van der Waals surface area contributed by atoms with Crippen molar-refractivity contribution in [2.45, 2.75) is 6.54 Å². The molecule has 3 heterocycles. The molecule has 0 unspecified atom stereocenters. The Morgan fingerprint density at radius 2 is 1.74 bits per heavy atom. The number of aromatic nitrogens is 1. The number of nitrogens with zero attached hydrogens (tertiary/aromatic N) is 2. The number of methoxy groups -OCH3 is 1. The third-order valence-corrected chi connectivity index (χ3v) is 7.16. The molecule has 8 heteroatoms. The van der Waals surface area contributed by atoms with E-state index in [-0.39, 0.29) is 17.3 Å². The zero-order valence-corrected chi connectivity index (χ0v) is 19.5. The van der Waals surface area contributed by atoms with Crippen molar-refractivity contribution in [2.75, 3.05) is 33.4 Å². The van der Waals surface area contributed by atoms with E-state index in [0.717, 1.165) is 38.4 Å². The number of thiophene rings is 1. The van der Waals surface area contributed by atoms with Crippen molar-refractivity contribution in [1.29, 1.82) is 0 Å². The van der Waals surface area contributed by atoms with E-state index in [1.165, 1.54) is 11.3 Å². The summed E-state index contributed by atoms with van der Waals surface area (Å²) in [5.74, 6) is -0.252. The number of ether oxygens (including phenoxy) is 2. The molecule has 174 valence electrons. The minimum absolute atomic E-state index is 0.0161. The number of hydrogen-bond acceptors (Lipinski definition) is 5. The Morgan fingerprint density at radius 1 is 1.03 bits per heavy atom. The van der Waals surface area contributed by atoms with E-state index < -0.39 is 5.97 Å². The van der Waals surface area contributed by atoms with E-state index in [1.807, 2.05) is 59.2 Å². The quantitative estimate of drug-likeness (QED) is 0.440. The van der Waals surface area contributed by atoms with Crippen LogP contribution in [-0.2, 0) is 16.1 Å². The topological polar surface area (TPSA) is 81.0 Å². The summed E-state index contributed by atoms with van der Waals surface area (Å²) in [7, 11) is 1.62. The fraction of sp³-hybridized carbons (Fsp3) is 0.231. The Kier molecular flexibility index (Phi) is 6.08. The van der Waals surface area contributed by atoms with Crippen LogP contribution < -0.4 is 4.74 Å². The summed E-state index contributed by atoms with van der Waals surface area (Å²) in [4.78, 5) is 27.2. The number of aromatic carboxylic acids is 1. The smallest absolute Gasteiger partial charge is 0.345 e. The van der Waals surface area contributed by atoms with Crippen LogP contribution in [0.5, 0.6) is 5.75 Å². The van der Waals surface area contributed by atoms with Gasteiger partial charge in [-0.2, -0.15) is 0 Å². The van der Waals surface area contributed by atoms with Crippen molar-refractivity contribution in [1.82, 2.24) is 9.47 Å². The molecule has 5 rings (SSSR count). The summed E-state index contributed by atoms with van der Waals surface area (Å²) in [5.41, 5.74) is 4.44. The second kappa shape index (κ2) is 9.32. The Hall–Kier alpha value is -3.62. The highest BCUT2D eigenvalue weighted by Gasteiger charge is 2.26. The highest BCUT2D eigenvalue weighted by atomic mass is 32.1. The number of rotatable bonds is 6. The zero-order chi connectivity index (χ0) is 23.7. The van der Waals surface area contributed by atoms with Gasteiger partial charge in [0, 0.05) is 18.7 Å².